The van der Waals surface area contributed by atoms with E-state index < -0.39 is 0 Å². The molecule has 0 atom stereocenters. The van der Waals surface area contributed by atoms with Gasteiger partial charge in [-0.25, -0.2) is 4.98 Å². The normalized spacial score (nSPS) is 10.0. The second kappa shape index (κ2) is 6.17. The number of aryl methyl sites for hydroxylation is 2. The van der Waals surface area contributed by atoms with E-state index in [0.29, 0.717) is 17.1 Å². The average molecular weight is 283 g/mol. The van der Waals surface area contributed by atoms with E-state index in [-0.39, 0.29) is 11.8 Å². The van der Waals surface area contributed by atoms with Crippen molar-refractivity contribution in [3.05, 3.63) is 53.2 Å². The number of benzene rings is 1. The van der Waals surface area contributed by atoms with Crippen LogP contribution in [-0.2, 0) is 4.79 Å². The van der Waals surface area contributed by atoms with Gasteiger partial charge in [-0.3, -0.25) is 9.59 Å². The second-order valence-electron chi connectivity index (χ2n) is 4.83. The summed E-state index contributed by atoms with van der Waals surface area (Å²) in [6, 6.07) is 10.6. The average Bonchev–Trinajstić information content (AvgIpc) is 2.40. The number of aromatic nitrogens is 1. The summed E-state index contributed by atoms with van der Waals surface area (Å²) in [4.78, 5) is 27.6. The number of nitrogens with one attached hydrogen (secondary N) is 2. The number of amides is 2. The molecule has 0 bridgehead atoms. The van der Waals surface area contributed by atoms with Gasteiger partial charge in [-0.2, -0.15) is 0 Å². The SMILES string of the molecule is CC(=O)Nc1cc(C(=O)Nc2cccc(C)n2)ccc1C. The molecule has 0 aliphatic rings. The van der Waals surface area contributed by atoms with E-state index in [1.54, 1.807) is 24.3 Å². The van der Waals surface area contributed by atoms with Crippen LogP contribution in [0.15, 0.2) is 36.4 Å². The molecule has 0 aliphatic carbocycles. The van der Waals surface area contributed by atoms with Gasteiger partial charge in [0.25, 0.3) is 5.91 Å². The molecule has 5 heteroatoms. The lowest BCUT2D eigenvalue weighted by molar-refractivity contribution is -0.114. The van der Waals surface area contributed by atoms with E-state index in [1.807, 2.05) is 26.0 Å². The number of carbonyl (C=O) groups excluding carboxylic acids is 2. The first kappa shape index (κ1) is 14.7. The Morgan fingerprint density at radius 3 is 2.48 bits per heavy atom. The van der Waals surface area contributed by atoms with Crippen LogP contribution in [0.4, 0.5) is 11.5 Å². The van der Waals surface area contributed by atoms with Crippen LogP contribution in [0.25, 0.3) is 0 Å². The Morgan fingerprint density at radius 2 is 1.81 bits per heavy atom. The molecule has 0 saturated heterocycles. The van der Waals surface area contributed by atoms with Crippen LogP contribution in [0.1, 0.15) is 28.5 Å². The maximum absolute atomic E-state index is 12.2. The standard InChI is InChI=1S/C16H17N3O2/c1-10-7-8-13(9-14(10)18-12(3)20)16(21)19-15-6-4-5-11(2)17-15/h4-9H,1-3H3,(H,18,20)(H,17,19,21). The zero-order valence-electron chi connectivity index (χ0n) is 12.2. The Morgan fingerprint density at radius 1 is 1.05 bits per heavy atom. The number of rotatable bonds is 3. The fourth-order valence-electron chi connectivity index (χ4n) is 1.89. The summed E-state index contributed by atoms with van der Waals surface area (Å²) in [6.07, 6.45) is 0. The zero-order chi connectivity index (χ0) is 15.4. The van der Waals surface area contributed by atoms with E-state index in [1.165, 1.54) is 6.92 Å². The lowest BCUT2D eigenvalue weighted by Crippen LogP contribution is -2.14. The Hall–Kier alpha value is -2.69. The molecule has 1 aromatic carbocycles. The molecule has 0 aliphatic heterocycles. The van der Waals surface area contributed by atoms with Gasteiger partial charge in [-0.05, 0) is 43.7 Å². The fourth-order valence-corrected chi connectivity index (χ4v) is 1.89. The van der Waals surface area contributed by atoms with Gasteiger partial charge >= 0.3 is 0 Å². The molecule has 0 saturated carbocycles. The first-order valence-corrected chi connectivity index (χ1v) is 6.59. The zero-order valence-corrected chi connectivity index (χ0v) is 12.2. The van der Waals surface area contributed by atoms with Gasteiger partial charge in [0.2, 0.25) is 5.91 Å². The van der Waals surface area contributed by atoms with Crippen LogP contribution in [0.3, 0.4) is 0 Å². The minimum atomic E-state index is -0.264. The number of hydrogen-bond donors (Lipinski definition) is 2. The molecule has 0 spiro atoms. The molecule has 2 amide bonds. The highest BCUT2D eigenvalue weighted by Gasteiger charge is 2.10. The number of nitrogens with zero attached hydrogens (tertiary/aromatic N) is 1. The summed E-state index contributed by atoms with van der Waals surface area (Å²) in [6.45, 7) is 5.16. The molecule has 1 aromatic heterocycles. The van der Waals surface area contributed by atoms with Crippen molar-refractivity contribution < 1.29 is 9.59 Å². The minimum absolute atomic E-state index is 0.170. The number of anilines is 2. The monoisotopic (exact) mass is 283 g/mol. The molecule has 21 heavy (non-hydrogen) atoms. The van der Waals surface area contributed by atoms with Gasteiger partial charge in [0.1, 0.15) is 5.82 Å². The van der Waals surface area contributed by atoms with Crippen molar-refractivity contribution in [2.75, 3.05) is 10.6 Å². The minimum Gasteiger partial charge on any atom is -0.326 e. The Kier molecular flexibility index (Phi) is 4.33. The van der Waals surface area contributed by atoms with Gasteiger partial charge in [0, 0.05) is 23.9 Å². The van der Waals surface area contributed by atoms with Crippen molar-refractivity contribution in [2.45, 2.75) is 20.8 Å². The lowest BCUT2D eigenvalue weighted by Gasteiger charge is -2.10. The Labute approximate surface area is 123 Å². The summed E-state index contributed by atoms with van der Waals surface area (Å²) in [5.41, 5.74) is 2.83. The summed E-state index contributed by atoms with van der Waals surface area (Å²) < 4.78 is 0. The number of pyridine rings is 1. The number of hydrogen-bond acceptors (Lipinski definition) is 3. The van der Waals surface area contributed by atoms with Crippen LogP contribution < -0.4 is 10.6 Å². The van der Waals surface area contributed by atoms with Crippen molar-refractivity contribution in [3.63, 3.8) is 0 Å². The highest BCUT2D eigenvalue weighted by Crippen LogP contribution is 2.18. The topological polar surface area (TPSA) is 71.1 Å². The molecule has 5 nitrogen and oxygen atoms in total. The van der Waals surface area contributed by atoms with E-state index in [9.17, 15) is 9.59 Å². The molecule has 0 unspecified atom stereocenters. The van der Waals surface area contributed by atoms with Crippen molar-refractivity contribution in [1.82, 2.24) is 4.98 Å². The van der Waals surface area contributed by atoms with E-state index >= 15 is 0 Å². The van der Waals surface area contributed by atoms with Gasteiger partial charge in [-0.15, -0.1) is 0 Å². The van der Waals surface area contributed by atoms with Crippen molar-refractivity contribution in [2.24, 2.45) is 0 Å². The molecule has 1 heterocycles. The van der Waals surface area contributed by atoms with E-state index in [2.05, 4.69) is 15.6 Å². The highest BCUT2D eigenvalue weighted by molar-refractivity contribution is 6.05. The van der Waals surface area contributed by atoms with Crippen molar-refractivity contribution in [3.8, 4) is 0 Å². The molecular weight excluding hydrogens is 266 g/mol. The second-order valence-corrected chi connectivity index (χ2v) is 4.83. The lowest BCUT2D eigenvalue weighted by atomic mass is 10.1. The van der Waals surface area contributed by atoms with Crippen molar-refractivity contribution in [1.29, 1.82) is 0 Å². The summed E-state index contributed by atoms with van der Waals surface area (Å²) >= 11 is 0. The van der Waals surface area contributed by atoms with Crippen LogP contribution in [0.2, 0.25) is 0 Å². The molecule has 0 radical (unpaired) electrons. The summed E-state index contributed by atoms with van der Waals surface area (Å²) in [7, 11) is 0. The van der Waals surface area contributed by atoms with Gasteiger partial charge in [-0.1, -0.05) is 12.1 Å². The maximum Gasteiger partial charge on any atom is 0.256 e. The molecular formula is C16H17N3O2. The van der Waals surface area contributed by atoms with Gasteiger partial charge < -0.3 is 10.6 Å². The molecule has 2 N–H and O–H groups in total. The Bertz CT molecular complexity index is 696. The van der Waals surface area contributed by atoms with Crippen molar-refractivity contribution >= 4 is 23.3 Å². The third kappa shape index (κ3) is 3.89. The maximum atomic E-state index is 12.2. The fraction of sp³-hybridized carbons (Fsp3) is 0.188. The first-order chi connectivity index (χ1) is 9.95. The number of carbonyl (C=O) groups is 2. The largest absolute Gasteiger partial charge is 0.326 e. The van der Waals surface area contributed by atoms with E-state index in [4.69, 9.17) is 0 Å². The molecule has 0 fully saturated rings. The third-order valence-corrected chi connectivity index (χ3v) is 2.94. The molecule has 2 rings (SSSR count). The van der Waals surface area contributed by atoms with Gasteiger partial charge in [0.15, 0.2) is 0 Å². The Balaban J connectivity index is 2.21. The van der Waals surface area contributed by atoms with Crippen LogP contribution in [0, 0.1) is 13.8 Å². The predicted molar refractivity (Wildman–Crippen MR) is 82.4 cm³/mol. The van der Waals surface area contributed by atoms with E-state index in [0.717, 1.165) is 11.3 Å². The summed E-state index contributed by atoms with van der Waals surface area (Å²) in [5, 5.41) is 5.44. The molecule has 108 valence electrons. The third-order valence-electron chi connectivity index (χ3n) is 2.94. The quantitative estimate of drug-likeness (QED) is 0.909. The smallest absolute Gasteiger partial charge is 0.256 e. The van der Waals surface area contributed by atoms with Crippen LogP contribution in [-0.4, -0.2) is 16.8 Å². The van der Waals surface area contributed by atoms with Crippen LogP contribution in [0.5, 0.6) is 0 Å². The van der Waals surface area contributed by atoms with Gasteiger partial charge in [0.05, 0.1) is 0 Å². The summed E-state index contributed by atoms with van der Waals surface area (Å²) in [5.74, 6) is 0.0670. The van der Waals surface area contributed by atoms with Crippen LogP contribution >= 0.6 is 0 Å². The highest BCUT2D eigenvalue weighted by atomic mass is 16.2. The first-order valence-electron chi connectivity index (χ1n) is 6.59. The molecule has 2 aromatic rings. The predicted octanol–water partition coefficient (Wildman–Crippen LogP) is 2.91.